The van der Waals surface area contributed by atoms with Gasteiger partial charge in [0.1, 0.15) is 5.82 Å². The van der Waals surface area contributed by atoms with Crippen LogP contribution in [0.15, 0.2) is 0 Å². The molecule has 2 aliphatic carbocycles. The van der Waals surface area contributed by atoms with Gasteiger partial charge in [-0.05, 0) is 31.6 Å². The van der Waals surface area contributed by atoms with Crippen molar-refractivity contribution in [1.82, 2.24) is 9.36 Å². The van der Waals surface area contributed by atoms with E-state index in [4.69, 9.17) is 0 Å². The summed E-state index contributed by atoms with van der Waals surface area (Å²) in [7, 11) is 0. The average Bonchev–Trinajstić information content (AvgIpc) is 3.03. The molecule has 3 nitrogen and oxygen atoms in total. The zero-order valence-electron chi connectivity index (χ0n) is 9.78. The van der Waals surface area contributed by atoms with Gasteiger partial charge in [0.05, 0.1) is 0 Å². The third kappa shape index (κ3) is 2.21. The lowest BCUT2D eigenvalue weighted by Crippen LogP contribution is -2.30. The van der Waals surface area contributed by atoms with Gasteiger partial charge >= 0.3 is 0 Å². The third-order valence-electron chi connectivity index (χ3n) is 3.80. The van der Waals surface area contributed by atoms with E-state index in [9.17, 15) is 0 Å². The normalized spacial score (nSPS) is 30.3. The van der Waals surface area contributed by atoms with Crippen molar-refractivity contribution in [3.8, 4) is 0 Å². The maximum atomic E-state index is 4.60. The molecule has 2 saturated carbocycles. The molecule has 0 amide bonds. The zero-order chi connectivity index (χ0) is 11.0. The summed E-state index contributed by atoms with van der Waals surface area (Å²) >= 11 is 1.54. The van der Waals surface area contributed by atoms with E-state index in [0.717, 1.165) is 16.9 Å². The molecule has 1 N–H and O–H groups in total. The predicted octanol–water partition coefficient (Wildman–Crippen LogP) is 3.41. The van der Waals surface area contributed by atoms with Gasteiger partial charge in [-0.15, -0.1) is 0 Å². The molecule has 2 fully saturated rings. The van der Waals surface area contributed by atoms with E-state index in [0.29, 0.717) is 12.0 Å². The van der Waals surface area contributed by atoms with Gasteiger partial charge in [-0.2, -0.15) is 4.37 Å². The monoisotopic (exact) mass is 237 g/mol. The molecular formula is C12H19N3S. The molecule has 0 bridgehead atoms. The van der Waals surface area contributed by atoms with Crippen LogP contribution in [0, 0.1) is 5.92 Å². The number of nitrogens with one attached hydrogen (secondary N) is 1. The van der Waals surface area contributed by atoms with Crippen LogP contribution in [0.4, 0.5) is 5.13 Å². The molecule has 4 heteroatoms. The number of aromatic nitrogens is 2. The van der Waals surface area contributed by atoms with E-state index in [-0.39, 0.29) is 0 Å². The molecule has 0 aromatic carbocycles. The topological polar surface area (TPSA) is 37.8 Å². The molecule has 88 valence electrons. The zero-order valence-corrected chi connectivity index (χ0v) is 10.6. The molecule has 1 aromatic rings. The van der Waals surface area contributed by atoms with Crippen molar-refractivity contribution in [2.24, 2.45) is 5.92 Å². The number of nitrogens with zero attached hydrogens (tertiary/aromatic N) is 2. The van der Waals surface area contributed by atoms with Gasteiger partial charge in [-0.1, -0.05) is 19.8 Å². The molecule has 1 heterocycles. The van der Waals surface area contributed by atoms with Crippen LogP contribution in [0.2, 0.25) is 0 Å². The van der Waals surface area contributed by atoms with E-state index in [1.54, 1.807) is 11.5 Å². The van der Waals surface area contributed by atoms with Crippen LogP contribution in [-0.2, 0) is 0 Å². The quantitative estimate of drug-likeness (QED) is 0.875. The van der Waals surface area contributed by atoms with E-state index >= 15 is 0 Å². The molecule has 1 aromatic heterocycles. The van der Waals surface area contributed by atoms with Gasteiger partial charge in [0.25, 0.3) is 0 Å². The van der Waals surface area contributed by atoms with Crippen LogP contribution in [0.3, 0.4) is 0 Å². The Labute approximate surface area is 101 Å². The largest absolute Gasteiger partial charge is 0.357 e. The first-order valence-electron chi connectivity index (χ1n) is 6.43. The van der Waals surface area contributed by atoms with Crippen molar-refractivity contribution in [2.75, 3.05) is 5.32 Å². The molecule has 2 unspecified atom stereocenters. The van der Waals surface area contributed by atoms with Crippen molar-refractivity contribution in [2.45, 2.75) is 57.4 Å². The molecule has 16 heavy (non-hydrogen) atoms. The van der Waals surface area contributed by atoms with Crippen molar-refractivity contribution in [3.63, 3.8) is 0 Å². The highest BCUT2D eigenvalue weighted by atomic mass is 32.1. The Hall–Kier alpha value is -0.640. The standard InChI is InChI=1S/C12H19N3S/c1-8-4-2-3-5-10(8)13-12-14-11(15-16-12)9-6-7-9/h8-10H,2-7H2,1H3,(H,13,14,15). The lowest BCUT2D eigenvalue weighted by atomic mass is 9.86. The third-order valence-corrected chi connectivity index (χ3v) is 4.47. The predicted molar refractivity (Wildman–Crippen MR) is 66.9 cm³/mol. The summed E-state index contributed by atoms with van der Waals surface area (Å²) in [4.78, 5) is 4.60. The van der Waals surface area contributed by atoms with Crippen molar-refractivity contribution < 1.29 is 0 Å². The first-order valence-corrected chi connectivity index (χ1v) is 7.20. The van der Waals surface area contributed by atoms with Gasteiger partial charge in [-0.3, -0.25) is 0 Å². The van der Waals surface area contributed by atoms with E-state index in [1.165, 1.54) is 38.5 Å². The lowest BCUT2D eigenvalue weighted by molar-refractivity contribution is 0.349. The van der Waals surface area contributed by atoms with Gasteiger partial charge in [0.2, 0.25) is 5.13 Å². The minimum atomic E-state index is 0.619. The Morgan fingerprint density at radius 3 is 2.75 bits per heavy atom. The average molecular weight is 237 g/mol. The summed E-state index contributed by atoms with van der Waals surface area (Å²) in [6.07, 6.45) is 7.97. The molecule has 0 radical (unpaired) electrons. The Kier molecular flexibility index (Phi) is 2.84. The van der Waals surface area contributed by atoms with Crippen LogP contribution in [0.25, 0.3) is 0 Å². The van der Waals surface area contributed by atoms with Crippen molar-refractivity contribution in [1.29, 1.82) is 0 Å². The summed E-state index contributed by atoms with van der Waals surface area (Å²) < 4.78 is 4.44. The second-order valence-electron chi connectivity index (χ2n) is 5.24. The Morgan fingerprint density at radius 1 is 1.19 bits per heavy atom. The minimum Gasteiger partial charge on any atom is -0.357 e. The summed E-state index contributed by atoms with van der Waals surface area (Å²) in [6, 6.07) is 0.619. The molecular weight excluding hydrogens is 218 g/mol. The van der Waals surface area contributed by atoms with Crippen molar-refractivity contribution in [3.05, 3.63) is 5.82 Å². The van der Waals surface area contributed by atoms with Crippen LogP contribution in [0.1, 0.15) is 57.2 Å². The SMILES string of the molecule is CC1CCCCC1Nc1nc(C2CC2)ns1. The van der Waals surface area contributed by atoms with Gasteiger partial charge < -0.3 is 5.32 Å². The first-order chi connectivity index (χ1) is 7.83. The maximum absolute atomic E-state index is 4.60. The summed E-state index contributed by atoms with van der Waals surface area (Å²) in [5.74, 6) is 2.54. The molecule has 2 atom stereocenters. The first kappa shape index (κ1) is 10.5. The van der Waals surface area contributed by atoms with Gasteiger partial charge in [0, 0.05) is 23.5 Å². The molecule has 2 aliphatic rings. The highest BCUT2D eigenvalue weighted by Gasteiger charge is 2.28. The van der Waals surface area contributed by atoms with E-state index in [2.05, 4.69) is 21.6 Å². The minimum absolute atomic E-state index is 0.619. The summed E-state index contributed by atoms with van der Waals surface area (Å²) in [5, 5.41) is 4.62. The Balaban J connectivity index is 1.63. The summed E-state index contributed by atoms with van der Waals surface area (Å²) in [6.45, 7) is 2.35. The fourth-order valence-corrected chi connectivity index (χ4v) is 3.20. The number of hydrogen-bond donors (Lipinski definition) is 1. The number of anilines is 1. The highest BCUT2D eigenvalue weighted by molar-refractivity contribution is 7.09. The molecule has 0 aliphatic heterocycles. The Bertz CT molecular complexity index is 359. The summed E-state index contributed by atoms with van der Waals surface area (Å²) in [5.41, 5.74) is 0. The van der Waals surface area contributed by atoms with Crippen LogP contribution in [-0.4, -0.2) is 15.4 Å². The number of hydrogen-bond acceptors (Lipinski definition) is 4. The van der Waals surface area contributed by atoms with E-state index in [1.807, 2.05) is 0 Å². The maximum Gasteiger partial charge on any atom is 0.202 e. The fourth-order valence-electron chi connectivity index (χ4n) is 2.49. The lowest BCUT2D eigenvalue weighted by Gasteiger charge is -2.29. The van der Waals surface area contributed by atoms with Gasteiger partial charge in [-0.25, -0.2) is 4.98 Å². The molecule has 3 rings (SSSR count). The number of rotatable bonds is 3. The van der Waals surface area contributed by atoms with Crippen LogP contribution < -0.4 is 5.32 Å². The second kappa shape index (κ2) is 4.32. The Morgan fingerprint density at radius 2 is 2.00 bits per heavy atom. The van der Waals surface area contributed by atoms with Gasteiger partial charge in [0.15, 0.2) is 0 Å². The van der Waals surface area contributed by atoms with E-state index < -0.39 is 0 Å². The van der Waals surface area contributed by atoms with Crippen LogP contribution in [0.5, 0.6) is 0 Å². The van der Waals surface area contributed by atoms with Crippen LogP contribution >= 0.6 is 11.5 Å². The smallest absolute Gasteiger partial charge is 0.202 e. The molecule has 0 saturated heterocycles. The fraction of sp³-hybridized carbons (Fsp3) is 0.833. The van der Waals surface area contributed by atoms with Crippen molar-refractivity contribution >= 4 is 16.7 Å². The molecule has 0 spiro atoms. The second-order valence-corrected chi connectivity index (χ2v) is 6.00. The highest BCUT2D eigenvalue weighted by Crippen LogP contribution is 2.39.